The lowest BCUT2D eigenvalue weighted by atomic mass is 10.00. The van der Waals surface area contributed by atoms with Crippen molar-refractivity contribution in [1.82, 2.24) is 19.7 Å². The topological polar surface area (TPSA) is 260 Å². The predicted molar refractivity (Wildman–Crippen MR) is 304 cm³/mol. The number of carbonyl (C=O) groups excluding carboxylic acids is 3. The number of rotatable bonds is 30. The minimum absolute atomic E-state index is 0.0119. The molecular weight excluding hydrogens is 1030 g/mol. The van der Waals surface area contributed by atoms with Crippen molar-refractivity contribution in [3.05, 3.63) is 150 Å². The van der Waals surface area contributed by atoms with Gasteiger partial charge in [0.1, 0.15) is 5.76 Å². The first kappa shape index (κ1) is 64.8. The monoisotopic (exact) mass is 1110 g/mol. The van der Waals surface area contributed by atoms with Crippen molar-refractivity contribution in [3.8, 4) is 0 Å². The Morgan fingerprint density at radius 1 is 0.570 bits per heavy atom. The molecule has 3 saturated heterocycles. The first-order valence-electron chi connectivity index (χ1n) is 27.7. The summed E-state index contributed by atoms with van der Waals surface area (Å²) in [6.45, 7) is 1.55. The fourth-order valence-corrected chi connectivity index (χ4v) is 9.92. The number of carboxylic acid groups (broad SMARTS) is 3. The molecular formula is C61H82N4O13S. The van der Waals surface area contributed by atoms with E-state index in [9.17, 15) is 44.1 Å². The largest absolute Gasteiger partial charge is 0.481 e. The molecule has 6 rings (SSSR count). The zero-order valence-electron chi connectivity index (χ0n) is 45.4. The van der Waals surface area contributed by atoms with Crippen LogP contribution in [-0.2, 0) is 48.0 Å². The highest BCUT2D eigenvalue weighted by Gasteiger charge is 2.27. The van der Waals surface area contributed by atoms with E-state index in [0.29, 0.717) is 96.7 Å². The van der Waals surface area contributed by atoms with Crippen LogP contribution in [0.15, 0.2) is 138 Å². The highest BCUT2D eigenvalue weighted by atomic mass is 32.1. The van der Waals surface area contributed by atoms with Gasteiger partial charge in [-0.25, -0.2) is 0 Å². The average Bonchev–Trinajstić information content (AvgIpc) is 4.16. The summed E-state index contributed by atoms with van der Waals surface area (Å²) in [6, 6.07) is 13.2. The molecule has 3 aromatic heterocycles. The van der Waals surface area contributed by atoms with E-state index in [4.69, 9.17) is 19.7 Å². The summed E-state index contributed by atoms with van der Waals surface area (Å²) >= 11 is 1.63. The van der Waals surface area contributed by atoms with Crippen LogP contribution in [-0.4, -0.2) is 142 Å². The molecule has 0 spiro atoms. The fraction of sp³-hybridized carbons (Fsp3) is 0.492. The first-order chi connectivity index (χ1) is 38.2. The maximum absolute atomic E-state index is 12.3. The van der Waals surface area contributed by atoms with Crippen LogP contribution in [0.25, 0.3) is 0 Å². The molecule has 6 atom stereocenters. The second-order valence-corrected chi connectivity index (χ2v) is 20.8. The van der Waals surface area contributed by atoms with Crippen molar-refractivity contribution in [2.24, 2.45) is 0 Å². The fourth-order valence-electron chi connectivity index (χ4n) is 9.16. The number of aromatic nitrogens is 1. The highest BCUT2D eigenvalue weighted by molar-refractivity contribution is 7.09. The lowest BCUT2D eigenvalue weighted by molar-refractivity contribution is -0.138. The standard InChI is InChI=1S/C21H28N2O4.C20H27NO5.C20H27NO4S/c24-19(16-17-8-4-5-14-22-17)13-12-18-9-7-10-20(25)23(18)15-6-2-1-3-11-21(26)27;2*22-17(15-18-8-6-14-26-18)12-11-16-7-5-9-19(23)21(16)13-4-2-1-3-10-20(24)25/h2,4-6,8,12-14,18-19,24H,1,3,7,9-11,15-16H2,(H,26,27);2*2,4,6,8,11-12,14,16-17,22H,1,3,5,7,9-10,13,15H2,(H,24,25)/t18-,19?;2*16-,17?/m111/s1. The van der Waals surface area contributed by atoms with Crippen molar-refractivity contribution >= 4 is 47.0 Å². The van der Waals surface area contributed by atoms with Crippen LogP contribution < -0.4 is 0 Å². The lowest BCUT2D eigenvalue weighted by Gasteiger charge is -2.33. The number of hydrogen-bond acceptors (Lipinski definition) is 12. The Bertz CT molecular complexity index is 2330. The van der Waals surface area contributed by atoms with Gasteiger partial charge in [0.25, 0.3) is 0 Å². The van der Waals surface area contributed by atoms with Gasteiger partial charge in [0.05, 0.1) is 42.7 Å². The van der Waals surface area contributed by atoms with Crippen molar-refractivity contribution in [2.75, 3.05) is 19.6 Å². The van der Waals surface area contributed by atoms with Gasteiger partial charge in [-0.3, -0.25) is 33.8 Å². The smallest absolute Gasteiger partial charge is 0.303 e. The van der Waals surface area contributed by atoms with Crippen LogP contribution in [0.2, 0.25) is 0 Å². The number of likely N-dealkylation sites (tertiary alicyclic amines) is 3. The third-order valence-corrected chi connectivity index (χ3v) is 14.2. The molecule has 79 heavy (non-hydrogen) atoms. The van der Waals surface area contributed by atoms with E-state index in [1.54, 1.807) is 48.1 Å². The molecule has 3 aromatic rings. The van der Waals surface area contributed by atoms with Crippen LogP contribution in [0.4, 0.5) is 0 Å². The molecule has 3 fully saturated rings. The molecule has 18 heteroatoms. The van der Waals surface area contributed by atoms with Gasteiger partial charge in [0, 0.05) is 94.2 Å². The summed E-state index contributed by atoms with van der Waals surface area (Å²) in [5, 5.41) is 58.4. The average molecular weight is 1110 g/mol. The van der Waals surface area contributed by atoms with Crippen LogP contribution in [0, 0.1) is 0 Å². The van der Waals surface area contributed by atoms with E-state index < -0.39 is 36.2 Å². The Balaban J connectivity index is 0.000000255. The number of aliphatic hydroxyl groups excluding tert-OH is 3. The summed E-state index contributed by atoms with van der Waals surface area (Å²) in [7, 11) is 0. The molecule has 3 unspecified atom stereocenters. The zero-order chi connectivity index (χ0) is 57.0. The van der Waals surface area contributed by atoms with E-state index in [2.05, 4.69) is 4.98 Å². The maximum Gasteiger partial charge on any atom is 0.303 e. The van der Waals surface area contributed by atoms with E-state index in [1.807, 2.05) is 111 Å². The van der Waals surface area contributed by atoms with E-state index >= 15 is 0 Å². The number of hydrogen-bond donors (Lipinski definition) is 6. The molecule has 430 valence electrons. The molecule has 6 heterocycles. The van der Waals surface area contributed by atoms with Gasteiger partial charge in [0.2, 0.25) is 17.7 Å². The second-order valence-electron chi connectivity index (χ2n) is 19.7. The molecule has 0 radical (unpaired) electrons. The lowest BCUT2D eigenvalue weighted by Crippen LogP contribution is -2.42. The normalized spacial score (nSPS) is 19.4. The van der Waals surface area contributed by atoms with Gasteiger partial charge in [-0.15, -0.1) is 11.3 Å². The van der Waals surface area contributed by atoms with E-state index in [1.165, 1.54) is 0 Å². The number of carbonyl (C=O) groups is 6. The number of aliphatic carboxylic acids is 3. The molecule has 0 saturated carbocycles. The first-order valence-corrected chi connectivity index (χ1v) is 28.6. The van der Waals surface area contributed by atoms with Crippen LogP contribution in [0.1, 0.15) is 132 Å². The molecule has 3 aliphatic heterocycles. The molecule has 0 aliphatic carbocycles. The summed E-state index contributed by atoms with van der Waals surface area (Å²) in [5.41, 5.74) is 0.829. The third-order valence-electron chi connectivity index (χ3n) is 13.3. The Morgan fingerprint density at radius 2 is 1.01 bits per heavy atom. The van der Waals surface area contributed by atoms with Gasteiger partial charge in [-0.2, -0.15) is 0 Å². The SMILES string of the molecule is O=C(O)CCCC=CCN1C(=O)CCC[C@@H]1C=CC(O)Cc1ccccn1.O=C(O)CCCC=CCN1C(=O)CCC[C@@H]1C=CC(O)Cc1ccco1.O=C(O)CCCC=CCN1C(=O)CCC[C@@H]1C=CC(O)Cc1cccs1. The Labute approximate surface area is 469 Å². The molecule has 3 aliphatic rings. The second kappa shape index (κ2) is 38.0. The summed E-state index contributed by atoms with van der Waals surface area (Å²) < 4.78 is 5.23. The van der Waals surface area contributed by atoms with Gasteiger partial charge < -0.3 is 49.8 Å². The number of aliphatic hydroxyl groups is 3. The van der Waals surface area contributed by atoms with Gasteiger partial charge in [-0.05, 0) is 113 Å². The third kappa shape index (κ3) is 27.6. The molecule has 0 bridgehead atoms. The zero-order valence-corrected chi connectivity index (χ0v) is 46.2. The summed E-state index contributed by atoms with van der Waals surface area (Å²) in [4.78, 5) is 79.0. The Morgan fingerprint density at radius 3 is 1.39 bits per heavy atom. The number of furan rings is 1. The number of carboxylic acids is 3. The number of piperidine rings is 3. The van der Waals surface area contributed by atoms with Crippen LogP contribution >= 0.6 is 11.3 Å². The minimum atomic E-state index is -0.789. The van der Waals surface area contributed by atoms with Gasteiger partial charge >= 0.3 is 17.9 Å². The summed E-state index contributed by atoms with van der Waals surface area (Å²) in [6.07, 6.45) is 36.8. The number of amides is 3. The quantitative estimate of drug-likeness (QED) is 0.0269. The van der Waals surface area contributed by atoms with Gasteiger partial charge in [-0.1, -0.05) is 85.0 Å². The number of thiophene rings is 1. The molecule has 6 N–H and O–H groups in total. The molecule has 3 amide bonds. The van der Waals surface area contributed by atoms with E-state index in [-0.39, 0.29) is 55.1 Å². The Hall–Kier alpha value is -6.73. The number of pyridine rings is 1. The minimum Gasteiger partial charge on any atom is -0.481 e. The van der Waals surface area contributed by atoms with E-state index in [0.717, 1.165) is 54.9 Å². The van der Waals surface area contributed by atoms with Crippen molar-refractivity contribution in [1.29, 1.82) is 0 Å². The Kier molecular flexibility index (Phi) is 31.1. The van der Waals surface area contributed by atoms with Crippen LogP contribution in [0.3, 0.4) is 0 Å². The maximum atomic E-state index is 12.3. The molecule has 17 nitrogen and oxygen atoms in total. The summed E-state index contributed by atoms with van der Waals surface area (Å²) in [5.74, 6) is -1.27. The number of allylic oxidation sites excluding steroid dienone is 3. The predicted octanol–water partition coefficient (Wildman–Crippen LogP) is 9.06. The van der Waals surface area contributed by atoms with Crippen LogP contribution in [0.5, 0.6) is 0 Å². The number of unbranched alkanes of at least 4 members (excludes halogenated alkanes) is 3. The highest BCUT2D eigenvalue weighted by Crippen LogP contribution is 2.23. The molecule has 0 aromatic carbocycles. The van der Waals surface area contributed by atoms with Crippen molar-refractivity contribution < 1.29 is 63.8 Å². The van der Waals surface area contributed by atoms with Crippen molar-refractivity contribution in [2.45, 2.75) is 171 Å². The van der Waals surface area contributed by atoms with Crippen molar-refractivity contribution in [3.63, 3.8) is 0 Å². The number of nitrogens with zero attached hydrogens (tertiary/aromatic N) is 4. The van der Waals surface area contributed by atoms with Gasteiger partial charge in [0.15, 0.2) is 0 Å².